The van der Waals surface area contributed by atoms with Gasteiger partial charge in [-0.2, -0.15) is 0 Å². The van der Waals surface area contributed by atoms with E-state index < -0.39 is 22.5 Å². The monoisotopic (exact) mass is 472 g/mol. The first kappa shape index (κ1) is 22.0. The largest absolute Gasteiger partial charge is 0.486 e. The predicted octanol–water partition coefficient (Wildman–Crippen LogP) is 4.25. The lowest BCUT2D eigenvalue weighted by atomic mass is 10.2. The van der Waals surface area contributed by atoms with Gasteiger partial charge in [0.2, 0.25) is 5.91 Å². The Morgan fingerprint density at radius 3 is 2.31 bits per heavy atom. The number of nitrogens with one attached hydrogen (secondary N) is 1. The fourth-order valence-corrected chi connectivity index (χ4v) is 4.76. The highest BCUT2D eigenvalue weighted by atomic mass is 35.5. The van der Waals surface area contributed by atoms with Crippen LogP contribution < -0.4 is 19.1 Å². The van der Waals surface area contributed by atoms with Crippen molar-refractivity contribution in [3.8, 4) is 11.5 Å². The minimum absolute atomic E-state index is 0.0881. The Kier molecular flexibility index (Phi) is 6.25. The number of fused-ring (bicyclic) bond motifs is 1. The molecule has 0 saturated carbocycles. The first-order valence-electron chi connectivity index (χ1n) is 9.87. The summed E-state index contributed by atoms with van der Waals surface area (Å²) in [4.78, 5) is 12.9. The summed E-state index contributed by atoms with van der Waals surface area (Å²) < 4.78 is 38.8. The standard InChI is InChI=1S/C23H21ClN2O5S/c1-16-2-9-20(10-3-16)32(28,29)26(19-7-4-17(24)5-8-19)15-23(27)25-18-6-11-21-22(14-18)31-13-12-30-21/h2-11,14H,12-13,15H2,1H3,(H,25,27). The van der Waals surface area contributed by atoms with Crippen LogP contribution in [0.1, 0.15) is 5.56 Å². The number of hydrogen-bond donors (Lipinski definition) is 1. The normalized spacial score (nSPS) is 12.8. The van der Waals surface area contributed by atoms with E-state index in [1.807, 2.05) is 6.92 Å². The van der Waals surface area contributed by atoms with Crippen LogP contribution >= 0.6 is 11.6 Å². The van der Waals surface area contributed by atoms with Gasteiger partial charge in [0.15, 0.2) is 11.5 Å². The Morgan fingerprint density at radius 1 is 0.969 bits per heavy atom. The third kappa shape index (κ3) is 4.81. The molecule has 4 rings (SSSR count). The molecule has 0 aromatic heterocycles. The molecule has 32 heavy (non-hydrogen) atoms. The molecule has 1 amide bonds. The summed E-state index contributed by atoms with van der Waals surface area (Å²) in [7, 11) is -4.00. The lowest BCUT2D eigenvalue weighted by Gasteiger charge is -2.24. The lowest BCUT2D eigenvalue weighted by molar-refractivity contribution is -0.114. The van der Waals surface area contributed by atoms with Crippen molar-refractivity contribution >= 4 is 38.9 Å². The maximum Gasteiger partial charge on any atom is 0.264 e. The number of carbonyl (C=O) groups excluding carboxylic acids is 1. The van der Waals surface area contributed by atoms with E-state index in [0.29, 0.717) is 41.1 Å². The Balaban J connectivity index is 1.61. The fourth-order valence-electron chi connectivity index (χ4n) is 3.21. The molecule has 0 radical (unpaired) electrons. The zero-order valence-corrected chi connectivity index (χ0v) is 18.8. The number of carbonyl (C=O) groups is 1. The maximum absolute atomic E-state index is 13.4. The van der Waals surface area contributed by atoms with E-state index in [0.717, 1.165) is 9.87 Å². The van der Waals surface area contributed by atoms with Crippen molar-refractivity contribution in [2.24, 2.45) is 0 Å². The van der Waals surface area contributed by atoms with Gasteiger partial charge in [0.1, 0.15) is 19.8 Å². The zero-order chi connectivity index (χ0) is 22.7. The van der Waals surface area contributed by atoms with E-state index in [4.69, 9.17) is 21.1 Å². The molecule has 1 N–H and O–H groups in total. The van der Waals surface area contributed by atoms with Gasteiger partial charge >= 0.3 is 0 Å². The number of amides is 1. The summed E-state index contributed by atoms with van der Waals surface area (Å²) in [5.41, 5.74) is 1.73. The number of ether oxygens (including phenoxy) is 2. The molecule has 0 atom stereocenters. The smallest absolute Gasteiger partial charge is 0.264 e. The van der Waals surface area contributed by atoms with Gasteiger partial charge in [0.05, 0.1) is 10.6 Å². The second-order valence-corrected chi connectivity index (χ2v) is 9.51. The number of hydrogen-bond acceptors (Lipinski definition) is 5. The maximum atomic E-state index is 13.4. The van der Waals surface area contributed by atoms with Crippen LogP contribution in [0.2, 0.25) is 5.02 Å². The van der Waals surface area contributed by atoms with Crippen LogP contribution in [0.5, 0.6) is 11.5 Å². The van der Waals surface area contributed by atoms with Gasteiger partial charge < -0.3 is 14.8 Å². The summed E-state index contributed by atoms with van der Waals surface area (Å²) in [5, 5.41) is 3.19. The lowest BCUT2D eigenvalue weighted by Crippen LogP contribution is -2.38. The van der Waals surface area contributed by atoms with Crippen LogP contribution in [0.3, 0.4) is 0 Å². The Labute approximate surface area is 191 Å². The van der Waals surface area contributed by atoms with Crippen molar-refractivity contribution in [3.05, 3.63) is 77.3 Å². The van der Waals surface area contributed by atoms with Gasteiger partial charge in [-0.3, -0.25) is 9.10 Å². The predicted molar refractivity (Wildman–Crippen MR) is 123 cm³/mol. The van der Waals surface area contributed by atoms with Crippen molar-refractivity contribution in [1.29, 1.82) is 0 Å². The number of rotatable bonds is 6. The number of sulfonamides is 1. The van der Waals surface area contributed by atoms with E-state index in [1.165, 1.54) is 12.1 Å². The summed E-state index contributed by atoms with van der Waals surface area (Å²) >= 11 is 5.97. The van der Waals surface area contributed by atoms with Gasteiger partial charge in [-0.15, -0.1) is 0 Å². The highest BCUT2D eigenvalue weighted by Gasteiger charge is 2.27. The summed E-state index contributed by atoms with van der Waals surface area (Å²) in [6.45, 7) is 2.33. The second-order valence-electron chi connectivity index (χ2n) is 7.21. The zero-order valence-electron chi connectivity index (χ0n) is 17.2. The molecular weight excluding hydrogens is 452 g/mol. The molecule has 9 heteroatoms. The Hall–Kier alpha value is -3.23. The molecular formula is C23H21ClN2O5S. The van der Waals surface area contributed by atoms with Gasteiger partial charge in [-0.25, -0.2) is 8.42 Å². The minimum Gasteiger partial charge on any atom is -0.486 e. The van der Waals surface area contributed by atoms with Gasteiger partial charge in [0, 0.05) is 16.8 Å². The van der Waals surface area contributed by atoms with Crippen molar-refractivity contribution in [3.63, 3.8) is 0 Å². The van der Waals surface area contributed by atoms with Gasteiger partial charge in [0.25, 0.3) is 10.0 Å². The highest BCUT2D eigenvalue weighted by molar-refractivity contribution is 7.92. The van der Waals surface area contributed by atoms with E-state index >= 15 is 0 Å². The van der Waals surface area contributed by atoms with Crippen molar-refractivity contribution < 1.29 is 22.7 Å². The van der Waals surface area contributed by atoms with Crippen LogP contribution in [-0.4, -0.2) is 34.1 Å². The van der Waals surface area contributed by atoms with Crippen molar-refractivity contribution in [2.45, 2.75) is 11.8 Å². The average molecular weight is 473 g/mol. The number of nitrogens with zero attached hydrogens (tertiary/aromatic N) is 1. The van der Waals surface area contributed by atoms with Crippen molar-refractivity contribution in [2.75, 3.05) is 29.4 Å². The molecule has 0 aliphatic carbocycles. The van der Waals surface area contributed by atoms with Gasteiger partial charge in [-0.05, 0) is 55.5 Å². The topological polar surface area (TPSA) is 84.9 Å². The van der Waals surface area contributed by atoms with E-state index in [2.05, 4.69) is 5.32 Å². The molecule has 0 saturated heterocycles. The number of benzene rings is 3. The molecule has 3 aromatic carbocycles. The molecule has 3 aromatic rings. The fraction of sp³-hybridized carbons (Fsp3) is 0.174. The number of anilines is 2. The quantitative estimate of drug-likeness (QED) is 0.579. The van der Waals surface area contributed by atoms with E-state index in [-0.39, 0.29) is 4.90 Å². The SMILES string of the molecule is Cc1ccc(S(=O)(=O)N(CC(=O)Nc2ccc3c(c2)OCCO3)c2ccc(Cl)cc2)cc1. The Morgan fingerprint density at radius 2 is 1.62 bits per heavy atom. The number of halogens is 1. The molecule has 0 bridgehead atoms. The summed E-state index contributed by atoms with van der Waals surface area (Å²) in [6.07, 6.45) is 0. The van der Waals surface area contributed by atoms with Crippen LogP contribution in [-0.2, 0) is 14.8 Å². The van der Waals surface area contributed by atoms with Crippen LogP contribution in [0, 0.1) is 6.92 Å². The molecule has 166 valence electrons. The molecule has 7 nitrogen and oxygen atoms in total. The molecule has 1 aliphatic rings. The van der Waals surface area contributed by atoms with E-state index in [1.54, 1.807) is 54.6 Å². The highest BCUT2D eigenvalue weighted by Crippen LogP contribution is 2.33. The molecule has 1 aliphatic heterocycles. The van der Waals surface area contributed by atoms with Crippen LogP contribution in [0.4, 0.5) is 11.4 Å². The van der Waals surface area contributed by atoms with Crippen LogP contribution in [0.25, 0.3) is 0 Å². The van der Waals surface area contributed by atoms with Crippen molar-refractivity contribution in [1.82, 2.24) is 0 Å². The minimum atomic E-state index is -4.00. The molecule has 1 heterocycles. The van der Waals surface area contributed by atoms with Gasteiger partial charge in [-0.1, -0.05) is 29.3 Å². The van der Waals surface area contributed by atoms with E-state index in [9.17, 15) is 13.2 Å². The molecule has 0 unspecified atom stereocenters. The van der Waals surface area contributed by atoms with Crippen LogP contribution in [0.15, 0.2) is 71.6 Å². The number of aryl methyl sites for hydroxylation is 1. The molecule has 0 fully saturated rings. The average Bonchev–Trinajstić information content (AvgIpc) is 2.78. The molecule has 0 spiro atoms. The summed E-state index contributed by atoms with van der Waals surface area (Å²) in [5.74, 6) is 0.613. The third-order valence-electron chi connectivity index (χ3n) is 4.84. The first-order valence-corrected chi connectivity index (χ1v) is 11.7. The third-order valence-corrected chi connectivity index (χ3v) is 6.88. The first-order chi connectivity index (χ1) is 15.3. The second kappa shape index (κ2) is 9.10. The summed E-state index contributed by atoms with van der Waals surface area (Å²) in [6, 6.07) is 17.8. The Bertz CT molecular complexity index is 1230.